The molecule has 16 heavy (non-hydrogen) atoms. The molecule has 0 atom stereocenters. The molecule has 0 heterocycles. The normalized spacial score (nSPS) is 9.56. The number of benzene rings is 1. The Morgan fingerprint density at radius 2 is 2.19 bits per heavy atom. The van der Waals surface area contributed by atoms with E-state index in [-0.39, 0.29) is 12.1 Å². The predicted octanol–water partition coefficient (Wildman–Crippen LogP) is 2.04. The summed E-state index contributed by atoms with van der Waals surface area (Å²) in [4.78, 5) is 22.0. The van der Waals surface area contributed by atoms with Crippen molar-refractivity contribution in [3.8, 4) is 0 Å². The van der Waals surface area contributed by atoms with Crippen molar-refractivity contribution in [2.24, 2.45) is 0 Å². The van der Waals surface area contributed by atoms with E-state index in [1.165, 1.54) is 18.2 Å². The van der Waals surface area contributed by atoms with E-state index in [1.807, 2.05) is 0 Å². The van der Waals surface area contributed by atoms with Crippen LogP contribution in [0.25, 0.3) is 0 Å². The molecule has 0 radical (unpaired) electrons. The Labute approximate surface area is 91.4 Å². The Hall–Kier alpha value is -2.17. The van der Waals surface area contributed by atoms with Crippen molar-refractivity contribution in [2.75, 3.05) is 5.32 Å². The van der Waals surface area contributed by atoms with E-state index in [4.69, 9.17) is 5.11 Å². The standard InChI is InChI=1S/C11H10FNO3/c1-2-4-9(14)13-8-6-3-5-7(12)10(8)11(15)16/h2-3,5-6H,1,4H2,(H,13,14)(H,15,16). The summed E-state index contributed by atoms with van der Waals surface area (Å²) in [6.07, 6.45) is 1.41. The lowest BCUT2D eigenvalue weighted by Crippen LogP contribution is -2.14. The first-order valence-electron chi connectivity index (χ1n) is 4.48. The van der Waals surface area contributed by atoms with E-state index in [0.717, 1.165) is 6.07 Å². The van der Waals surface area contributed by atoms with E-state index in [2.05, 4.69) is 11.9 Å². The summed E-state index contributed by atoms with van der Waals surface area (Å²) in [6.45, 7) is 3.37. The van der Waals surface area contributed by atoms with Gasteiger partial charge in [-0.25, -0.2) is 9.18 Å². The second-order valence-corrected chi connectivity index (χ2v) is 3.01. The van der Waals surface area contributed by atoms with Crippen molar-refractivity contribution in [1.29, 1.82) is 0 Å². The van der Waals surface area contributed by atoms with Crippen LogP contribution in [0.1, 0.15) is 16.8 Å². The number of aromatic carboxylic acids is 1. The van der Waals surface area contributed by atoms with E-state index in [1.54, 1.807) is 0 Å². The highest BCUT2D eigenvalue weighted by Gasteiger charge is 2.16. The molecule has 0 spiro atoms. The van der Waals surface area contributed by atoms with Crippen molar-refractivity contribution in [3.63, 3.8) is 0 Å². The Bertz CT molecular complexity index is 443. The average molecular weight is 223 g/mol. The van der Waals surface area contributed by atoms with E-state index < -0.39 is 23.3 Å². The molecule has 0 fully saturated rings. The molecule has 84 valence electrons. The minimum absolute atomic E-state index is 0.0373. The number of anilines is 1. The molecular weight excluding hydrogens is 213 g/mol. The molecule has 5 heteroatoms. The van der Waals surface area contributed by atoms with Crippen LogP contribution in [0.4, 0.5) is 10.1 Å². The first-order valence-corrected chi connectivity index (χ1v) is 4.48. The molecule has 0 aliphatic rings. The lowest BCUT2D eigenvalue weighted by molar-refractivity contribution is -0.115. The maximum absolute atomic E-state index is 13.2. The number of hydrogen-bond acceptors (Lipinski definition) is 2. The van der Waals surface area contributed by atoms with Crippen molar-refractivity contribution < 1.29 is 19.1 Å². The van der Waals surface area contributed by atoms with Gasteiger partial charge < -0.3 is 10.4 Å². The van der Waals surface area contributed by atoms with Gasteiger partial charge in [-0.1, -0.05) is 12.1 Å². The lowest BCUT2D eigenvalue weighted by Gasteiger charge is -2.07. The maximum atomic E-state index is 13.2. The molecule has 0 bridgehead atoms. The number of carbonyl (C=O) groups is 2. The Morgan fingerprint density at radius 1 is 1.50 bits per heavy atom. The van der Waals surface area contributed by atoms with Crippen LogP contribution in [-0.2, 0) is 4.79 Å². The smallest absolute Gasteiger partial charge is 0.340 e. The zero-order valence-corrected chi connectivity index (χ0v) is 8.37. The molecule has 0 aliphatic heterocycles. The zero-order chi connectivity index (χ0) is 12.1. The second-order valence-electron chi connectivity index (χ2n) is 3.01. The highest BCUT2D eigenvalue weighted by atomic mass is 19.1. The third kappa shape index (κ3) is 2.66. The van der Waals surface area contributed by atoms with Gasteiger partial charge in [-0.15, -0.1) is 6.58 Å². The maximum Gasteiger partial charge on any atom is 0.340 e. The molecule has 1 amide bonds. The quantitative estimate of drug-likeness (QED) is 0.767. The van der Waals surface area contributed by atoms with Crippen molar-refractivity contribution in [3.05, 3.63) is 42.2 Å². The highest BCUT2D eigenvalue weighted by Crippen LogP contribution is 2.19. The number of nitrogens with one attached hydrogen (secondary N) is 1. The number of amides is 1. The molecular formula is C11H10FNO3. The minimum Gasteiger partial charge on any atom is -0.478 e. The zero-order valence-electron chi connectivity index (χ0n) is 8.37. The first-order chi connectivity index (χ1) is 7.56. The van der Waals surface area contributed by atoms with Gasteiger partial charge in [0.1, 0.15) is 11.4 Å². The predicted molar refractivity (Wildman–Crippen MR) is 56.8 cm³/mol. The van der Waals surface area contributed by atoms with E-state index in [9.17, 15) is 14.0 Å². The minimum atomic E-state index is -1.42. The highest BCUT2D eigenvalue weighted by molar-refractivity contribution is 6.00. The number of hydrogen-bond donors (Lipinski definition) is 2. The van der Waals surface area contributed by atoms with Crippen LogP contribution in [0, 0.1) is 5.82 Å². The molecule has 1 aromatic rings. The largest absolute Gasteiger partial charge is 0.478 e. The number of rotatable bonds is 4. The fraction of sp³-hybridized carbons (Fsp3) is 0.0909. The second kappa shape index (κ2) is 5.06. The van der Waals surface area contributed by atoms with Crippen molar-refractivity contribution >= 4 is 17.6 Å². The van der Waals surface area contributed by atoms with Gasteiger partial charge in [0.05, 0.1) is 5.69 Å². The van der Waals surface area contributed by atoms with Gasteiger partial charge in [0.25, 0.3) is 0 Å². The topological polar surface area (TPSA) is 66.4 Å². The van der Waals surface area contributed by atoms with Gasteiger partial charge in [-0.05, 0) is 12.1 Å². The van der Waals surface area contributed by atoms with Gasteiger partial charge in [-0.2, -0.15) is 0 Å². The summed E-state index contributed by atoms with van der Waals surface area (Å²) < 4.78 is 13.2. The summed E-state index contributed by atoms with van der Waals surface area (Å²) in [6, 6.07) is 3.67. The SMILES string of the molecule is C=CCC(=O)Nc1cccc(F)c1C(=O)O. The lowest BCUT2D eigenvalue weighted by atomic mass is 10.1. The molecule has 0 unspecified atom stereocenters. The molecule has 0 aliphatic carbocycles. The van der Waals surface area contributed by atoms with Crippen LogP contribution in [-0.4, -0.2) is 17.0 Å². The Morgan fingerprint density at radius 3 is 2.75 bits per heavy atom. The molecule has 1 rings (SSSR count). The Balaban J connectivity index is 3.04. The van der Waals surface area contributed by atoms with Crippen molar-refractivity contribution in [2.45, 2.75) is 6.42 Å². The van der Waals surface area contributed by atoms with Crippen LogP contribution in [0.15, 0.2) is 30.9 Å². The number of carboxylic acid groups (broad SMARTS) is 1. The van der Waals surface area contributed by atoms with Gasteiger partial charge in [-0.3, -0.25) is 4.79 Å². The van der Waals surface area contributed by atoms with Gasteiger partial charge in [0.15, 0.2) is 0 Å². The summed E-state index contributed by atoms with van der Waals surface area (Å²) in [7, 11) is 0. The average Bonchev–Trinajstić information content (AvgIpc) is 2.17. The summed E-state index contributed by atoms with van der Waals surface area (Å²) >= 11 is 0. The summed E-state index contributed by atoms with van der Waals surface area (Å²) in [5, 5.41) is 11.1. The van der Waals surface area contributed by atoms with Crippen LogP contribution >= 0.6 is 0 Å². The van der Waals surface area contributed by atoms with Crippen molar-refractivity contribution in [1.82, 2.24) is 0 Å². The Kier molecular flexibility index (Phi) is 3.77. The summed E-state index contributed by atoms with van der Waals surface area (Å²) in [5.41, 5.74) is -0.598. The van der Waals surface area contributed by atoms with E-state index in [0.29, 0.717) is 0 Å². The van der Waals surface area contributed by atoms with Gasteiger partial charge in [0, 0.05) is 6.42 Å². The molecule has 2 N–H and O–H groups in total. The van der Waals surface area contributed by atoms with Gasteiger partial charge in [0.2, 0.25) is 5.91 Å². The molecule has 0 saturated carbocycles. The van der Waals surface area contributed by atoms with Crippen LogP contribution < -0.4 is 5.32 Å². The van der Waals surface area contributed by atoms with Gasteiger partial charge >= 0.3 is 5.97 Å². The number of halogens is 1. The van der Waals surface area contributed by atoms with Crippen LogP contribution in [0.3, 0.4) is 0 Å². The first kappa shape index (κ1) is 11.9. The molecule has 0 saturated heterocycles. The van der Waals surface area contributed by atoms with Crippen LogP contribution in [0.5, 0.6) is 0 Å². The fourth-order valence-electron chi connectivity index (χ4n) is 1.18. The number of carboxylic acids is 1. The molecule has 0 aromatic heterocycles. The third-order valence-corrected chi connectivity index (χ3v) is 1.83. The molecule has 4 nitrogen and oxygen atoms in total. The monoisotopic (exact) mass is 223 g/mol. The van der Waals surface area contributed by atoms with E-state index >= 15 is 0 Å². The van der Waals surface area contributed by atoms with Crippen LogP contribution in [0.2, 0.25) is 0 Å². The third-order valence-electron chi connectivity index (χ3n) is 1.83. The molecule has 1 aromatic carbocycles. The number of carbonyl (C=O) groups excluding carboxylic acids is 1. The summed E-state index contributed by atoms with van der Waals surface area (Å²) in [5.74, 6) is -2.75. The fourth-order valence-corrected chi connectivity index (χ4v) is 1.18.